The summed E-state index contributed by atoms with van der Waals surface area (Å²) in [5.74, 6) is -0.839. The van der Waals surface area contributed by atoms with Gasteiger partial charge < -0.3 is 14.7 Å². The second-order valence-electron chi connectivity index (χ2n) is 3.45. The van der Waals surface area contributed by atoms with Crippen LogP contribution in [0.1, 0.15) is 12.0 Å². The van der Waals surface area contributed by atoms with E-state index in [9.17, 15) is 9.36 Å². The lowest BCUT2D eigenvalue weighted by atomic mass is 10.1. The minimum absolute atomic E-state index is 0.0541. The normalized spacial score (nSPS) is 12.3. The molecule has 0 heterocycles. The molecule has 1 atom stereocenters. The van der Waals surface area contributed by atoms with Crippen LogP contribution in [0.4, 0.5) is 0 Å². The van der Waals surface area contributed by atoms with Crippen molar-refractivity contribution in [3.05, 3.63) is 29.8 Å². The first-order valence-electron chi connectivity index (χ1n) is 5.22. The second kappa shape index (κ2) is 7.22. The molecule has 5 nitrogen and oxygen atoms in total. The second-order valence-corrected chi connectivity index (χ2v) is 4.89. The predicted molar refractivity (Wildman–Crippen MR) is 64.1 cm³/mol. The maximum Gasteiger partial charge on any atom is 0.303 e. The van der Waals surface area contributed by atoms with Gasteiger partial charge in [-0.3, -0.25) is 9.36 Å². The molecule has 1 aromatic carbocycles. The van der Waals surface area contributed by atoms with Gasteiger partial charge in [-0.25, -0.2) is 0 Å². The van der Waals surface area contributed by atoms with Crippen LogP contribution in [0.2, 0.25) is 0 Å². The zero-order valence-electron chi connectivity index (χ0n) is 9.26. The molecule has 0 fully saturated rings. The summed E-state index contributed by atoms with van der Waals surface area (Å²) >= 11 is 0. The van der Waals surface area contributed by atoms with E-state index in [1.54, 1.807) is 24.3 Å². The van der Waals surface area contributed by atoms with E-state index >= 15 is 0 Å². The third kappa shape index (κ3) is 5.13. The zero-order chi connectivity index (χ0) is 12.7. The Morgan fingerprint density at radius 1 is 1.29 bits per heavy atom. The monoisotopic (exact) mass is 258 g/mol. The molecule has 17 heavy (non-hydrogen) atoms. The number of aliphatic hydroxyl groups excluding tert-OH is 1. The summed E-state index contributed by atoms with van der Waals surface area (Å²) in [5.41, 5.74) is 0.883. The van der Waals surface area contributed by atoms with Crippen LogP contribution in [0.15, 0.2) is 24.3 Å². The molecule has 6 heteroatoms. The van der Waals surface area contributed by atoms with Gasteiger partial charge in [-0.05, 0) is 24.1 Å². The highest BCUT2D eigenvalue weighted by Gasteiger charge is 2.04. The number of hydrogen-bond acceptors (Lipinski definition) is 4. The van der Waals surface area contributed by atoms with Crippen LogP contribution in [0.5, 0.6) is 0 Å². The Hall–Kier alpha value is -1.16. The highest BCUT2D eigenvalue weighted by atomic mass is 31.1. The van der Waals surface area contributed by atoms with E-state index in [0.717, 1.165) is 5.56 Å². The van der Waals surface area contributed by atoms with Crippen molar-refractivity contribution in [1.29, 1.82) is 0 Å². The van der Waals surface area contributed by atoms with Crippen LogP contribution >= 0.6 is 8.03 Å². The average molecular weight is 258 g/mol. The van der Waals surface area contributed by atoms with Crippen LogP contribution in [0.3, 0.4) is 0 Å². The lowest BCUT2D eigenvalue weighted by Crippen LogP contribution is -2.02. The summed E-state index contributed by atoms with van der Waals surface area (Å²) in [6.07, 6.45) is 0.531. The first-order chi connectivity index (χ1) is 8.13. The third-order valence-corrected chi connectivity index (χ3v) is 3.41. The Labute approximate surface area is 99.9 Å². The van der Waals surface area contributed by atoms with Crippen molar-refractivity contribution in [3.8, 4) is 0 Å². The summed E-state index contributed by atoms with van der Waals surface area (Å²) in [7, 11) is -2.30. The molecule has 0 bridgehead atoms. The molecule has 0 aliphatic carbocycles. The van der Waals surface area contributed by atoms with Crippen molar-refractivity contribution < 1.29 is 24.1 Å². The van der Waals surface area contributed by atoms with Gasteiger partial charge in [-0.2, -0.15) is 0 Å². The van der Waals surface area contributed by atoms with Crippen molar-refractivity contribution >= 4 is 19.3 Å². The highest BCUT2D eigenvalue weighted by molar-refractivity contribution is 7.48. The van der Waals surface area contributed by atoms with Gasteiger partial charge in [0, 0.05) is 11.7 Å². The van der Waals surface area contributed by atoms with E-state index in [4.69, 9.17) is 14.7 Å². The van der Waals surface area contributed by atoms with Gasteiger partial charge in [-0.15, -0.1) is 0 Å². The number of aryl methyl sites for hydroxylation is 1. The van der Waals surface area contributed by atoms with Crippen molar-refractivity contribution in [2.45, 2.75) is 12.8 Å². The Kier molecular flexibility index (Phi) is 5.91. The molecule has 0 spiro atoms. The highest BCUT2D eigenvalue weighted by Crippen LogP contribution is 2.21. The van der Waals surface area contributed by atoms with E-state index in [1.807, 2.05) is 0 Å². The van der Waals surface area contributed by atoms with Gasteiger partial charge in [-0.1, -0.05) is 12.1 Å². The number of aliphatic carboxylic acids is 1. The fraction of sp³-hybridized carbons (Fsp3) is 0.364. The van der Waals surface area contributed by atoms with Gasteiger partial charge in [0.25, 0.3) is 0 Å². The third-order valence-electron chi connectivity index (χ3n) is 2.14. The summed E-state index contributed by atoms with van der Waals surface area (Å²) in [4.78, 5) is 10.4. The van der Waals surface area contributed by atoms with Crippen molar-refractivity contribution in [3.63, 3.8) is 0 Å². The number of carboxylic acids is 1. The predicted octanol–water partition coefficient (Wildman–Crippen LogP) is 0.813. The van der Waals surface area contributed by atoms with Crippen LogP contribution in [0, 0.1) is 0 Å². The topological polar surface area (TPSA) is 83.8 Å². The summed E-state index contributed by atoms with van der Waals surface area (Å²) in [6, 6.07) is 6.80. The maximum atomic E-state index is 11.5. The fourth-order valence-electron chi connectivity index (χ4n) is 1.28. The van der Waals surface area contributed by atoms with E-state index in [-0.39, 0.29) is 19.6 Å². The van der Waals surface area contributed by atoms with E-state index in [0.29, 0.717) is 11.7 Å². The van der Waals surface area contributed by atoms with Crippen LogP contribution < -0.4 is 5.30 Å². The van der Waals surface area contributed by atoms with E-state index < -0.39 is 14.0 Å². The number of benzene rings is 1. The minimum Gasteiger partial charge on any atom is -0.481 e. The first-order valence-corrected chi connectivity index (χ1v) is 6.54. The smallest absolute Gasteiger partial charge is 0.303 e. The zero-order valence-corrected chi connectivity index (χ0v) is 10.3. The van der Waals surface area contributed by atoms with Crippen LogP contribution in [-0.4, -0.2) is 29.4 Å². The Morgan fingerprint density at radius 3 is 2.47 bits per heavy atom. The molecule has 0 amide bonds. The molecule has 1 aromatic rings. The fourth-order valence-corrected chi connectivity index (χ4v) is 2.16. The number of aliphatic hydroxyl groups is 1. The first kappa shape index (κ1) is 13.9. The summed E-state index contributed by atoms with van der Waals surface area (Å²) < 4.78 is 16.5. The van der Waals surface area contributed by atoms with Crippen molar-refractivity contribution in [2.24, 2.45) is 0 Å². The molecule has 1 unspecified atom stereocenters. The molecule has 0 radical (unpaired) electrons. The van der Waals surface area contributed by atoms with Gasteiger partial charge in [0.15, 0.2) is 0 Å². The van der Waals surface area contributed by atoms with Gasteiger partial charge in [0.2, 0.25) is 8.03 Å². The average Bonchev–Trinajstić information content (AvgIpc) is 2.34. The SMILES string of the molecule is O=C(O)CCc1ccc([PH](=O)OCCO)cc1. The van der Waals surface area contributed by atoms with Gasteiger partial charge in [0.05, 0.1) is 13.2 Å². The standard InChI is InChI=1S/C11H15O5P/c12-7-8-16-17(15)10-4-1-9(2-5-10)3-6-11(13)14/h1-2,4-5,12,17H,3,6-8H2,(H,13,14). The molecular formula is C11H15O5P. The maximum absolute atomic E-state index is 11.5. The Morgan fingerprint density at radius 2 is 1.94 bits per heavy atom. The van der Waals surface area contributed by atoms with Crippen LogP contribution in [0.25, 0.3) is 0 Å². The van der Waals surface area contributed by atoms with Crippen molar-refractivity contribution in [2.75, 3.05) is 13.2 Å². The molecule has 0 saturated carbocycles. The van der Waals surface area contributed by atoms with Gasteiger partial charge in [0.1, 0.15) is 0 Å². The number of carbonyl (C=O) groups is 1. The van der Waals surface area contributed by atoms with Gasteiger partial charge >= 0.3 is 5.97 Å². The molecule has 0 aliphatic heterocycles. The van der Waals surface area contributed by atoms with Crippen LogP contribution in [-0.2, 0) is 20.3 Å². The number of hydrogen-bond donors (Lipinski definition) is 2. The number of rotatable bonds is 7. The molecule has 2 N–H and O–H groups in total. The molecule has 1 rings (SSSR count). The van der Waals surface area contributed by atoms with E-state index in [1.165, 1.54) is 0 Å². The number of carboxylic acid groups (broad SMARTS) is 1. The largest absolute Gasteiger partial charge is 0.481 e. The summed E-state index contributed by atoms with van der Waals surface area (Å²) in [6.45, 7) is -0.105. The molecule has 0 aliphatic rings. The minimum atomic E-state index is -2.30. The molecule has 0 aromatic heterocycles. The quantitative estimate of drug-likeness (QED) is 0.707. The lowest BCUT2D eigenvalue weighted by molar-refractivity contribution is -0.136. The summed E-state index contributed by atoms with van der Waals surface area (Å²) in [5, 5.41) is 17.6. The Balaban J connectivity index is 2.55. The molecular weight excluding hydrogens is 243 g/mol. The molecule has 0 saturated heterocycles. The molecule has 94 valence electrons. The Bertz CT molecular complexity index is 387. The van der Waals surface area contributed by atoms with Crippen molar-refractivity contribution in [1.82, 2.24) is 0 Å². The lowest BCUT2D eigenvalue weighted by Gasteiger charge is -2.04. The van der Waals surface area contributed by atoms with E-state index in [2.05, 4.69) is 0 Å².